The molecule has 3 heteroatoms. The molecule has 2 N–H and O–H groups in total. The normalized spacial score (nSPS) is 24.1. The van der Waals surface area contributed by atoms with E-state index >= 15 is 0 Å². The van der Waals surface area contributed by atoms with Gasteiger partial charge in [0.05, 0.1) is 6.61 Å². The molecule has 2 aromatic rings. The summed E-state index contributed by atoms with van der Waals surface area (Å²) in [6.07, 6.45) is 3.05. The summed E-state index contributed by atoms with van der Waals surface area (Å²) in [6.45, 7) is 5.40. The van der Waals surface area contributed by atoms with Gasteiger partial charge in [0.25, 0.3) is 0 Å². The number of nitrogens with zero attached hydrogens (tertiary/aromatic N) is 1. The van der Waals surface area contributed by atoms with E-state index in [0.717, 1.165) is 13.2 Å². The Kier molecular flexibility index (Phi) is 6.02. The molecule has 2 aromatic carbocycles. The summed E-state index contributed by atoms with van der Waals surface area (Å²) in [5.74, 6) is 0. The zero-order chi connectivity index (χ0) is 16.8. The number of likely N-dealkylation sites (tertiary alicyclic amines) is 1. The molecule has 2 aliphatic heterocycles. The van der Waals surface area contributed by atoms with E-state index in [2.05, 4.69) is 48.2 Å². The summed E-state index contributed by atoms with van der Waals surface area (Å²) < 4.78 is 5.09. The largest absolute Gasteiger partial charge is 0.368 e. The molecule has 0 saturated carbocycles. The van der Waals surface area contributed by atoms with E-state index in [1.807, 2.05) is 24.3 Å². The summed E-state index contributed by atoms with van der Waals surface area (Å²) >= 11 is 0. The number of epoxide rings is 1. The third-order valence-electron chi connectivity index (χ3n) is 4.85. The molecule has 0 amide bonds. The molecule has 0 radical (unpaired) electrons. The highest BCUT2D eigenvalue weighted by atomic mass is 16.6. The molecule has 0 aromatic heterocycles. The molecule has 2 fully saturated rings. The highest BCUT2D eigenvalue weighted by Crippen LogP contribution is 2.28. The highest BCUT2D eigenvalue weighted by Gasteiger charge is 2.23. The van der Waals surface area contributed by atoms with Crippen LogP contribution in [0.25, 0.3) is 0 Å². The fraction of sp³-hybridized carbons (Fsp3) is 0.429. The summed E-state index contributed by atoms with van der Waals surface area (Å²) in [5.41, 5.74) is 8.75. The number of rotatable bonds is 4. The van der Waals surface area contributed by atoms with E-state index in [0.29, 0.717) is 12.1 Å². The molecule has 128 valence electrons. The van der Waals surface area contributed by atoms with Crippen molar-refractivity contribution in [1.29, 1.82) is 0 Å². The van der Waals surface area contributed by atoms with Crippen molar-refractivity contribution in [3.8, 4) is 0 Å². The second kappa shape index (κ2) is 8.43. The van der Waals surface area contributed by atoms with Crippen LogP contribution in [0, 0.1) is 0 Å². The van der Waals surface area contributed by atoms with Gasteiger partial charge >= 0.3 is 0 Å². The van der Waals surface area contributed by atoms with Crippen molar-refractivity contribution in [2.45, 2.75) is 38.0 Å². The van der Waals surface area contributed by atoms with Gasteiger partial charge in [-0.1, -0.05) is 60.7 Å². The zero-order valence-electron chi connectivity index (χ0n) is 14.5. The van der Waals surface area contributed by atoms with Crippen LogP contribution in [-0.4, -0.2) is 30.6 Å². The minimum atomic E-state index is 0.159. The number of nitrogens with two attached hydrogens (primary N) is 1. The molecule has 0 bridgehead atoms. The maximum atomic E-state index is 6.20. The summed E-state index contributed by atoms with van der Waals surface area (Å²) in [5, 5.41) is 0. The van der Waals surface area contributed by atoms with Gasteiger partial charge in [-0.25, -0.2) is 0 Å². The van der Waals surface area contributed by atoms with Crippen molar-refractivity contribution in [2.24, 2.45) is 5.73 Å². The van der Waals surface area contributed by atoms with Crippen molar-refractivity contribution in [2.75, 3.05) is 19.7 Å². The minimum absolute atomic E-state index is 0.159. The van der Waals surface area contributed by atoms with Crippen LogP contribution in [0.3, 0.4) is 0 Å². The number of hydrogen-bond donors (Lipinski definition) is 1. The molecule has 2 aliphatic rings. The Morgan fingerprint density at radius 1 is 1.08 bits per heavy atom. The first kappa shape index (κ1) is 17.2. The average Bonchev–Trinajstić information content (AvgIpc) is 3.41. The number of benzene rings is 2. The lowest BCUT2D eigenvalue weighted by Crippen LogP contribution is -2.34. The highest BCUT2D eigenvalue weighted by molar-refractivity contribution is 5.20. The molecule has 24 heavy (non-hydrogen) atoms. The lowest BCUT2D eigenvalue weighted by Gasteiger charge is -2.24. The fourth-order valence-electron chi connectivity index (χ4n) is 3.23. The van der Waals surface area contributed by atoms with Crippen LogP contribution in [0.2, 0.25) is 0 Å². The summed E-state index contributed by atoms with van der Waals surface area (Å²) in [4.78, 5) is 2.50. The van der Waals surface area contributed by atoms with Crippen LogP contribution in [0.4, 0.5) is 0 Å². The molecule has 3 nitrogen and oxygen atoms in total. The Morgan fingerprint density at radius 2 is 1.71 bits per heavy atom. The average molecular weight is 324 g/mol. The smallest absolute Gasteiger partial charge is 0.106 e. The molecule has 4 rings (SSSR count). The molecule has 0 aliphatic carbocycles. The van der Waals surface area contributed by atoms with Crippen molar-refractivity contribution >= 4 is 0 Å². The van der Waals surface area contributed by atoms with Gasteiger partial charge in [0.2, 0.25) is 0 Å². The lowest BCUT2D eigenvalue weighted by atomic mass is 10.1. The van der Waals surface area contributed by atoms with Gasteiger partial charge in [-0.3, -0.25) is 4.90 Å². The Balaban J connectivity index is 0.000000159. The second-order valence-electron chi connectivity index (χ2n) is 6.74. The van der Waals surface area contributed by atoms with Gasteiger partial charge in [0.15, 0.2) is 0 Å². The second-order valence-corrected chi connectivity index (χ2v) is 6.74. The maximum absolute atomic E-state index is 6.20. The van der Waals surface area contributed by atoms with E-state index in [1.165, 1.54) is 30.5 Å². The Bertz CT molecular complexity index is 598. The predicted molar refractivity (Wildman–Crippen MR) is 98.8 cm³/mol. The number of ether oxygens (including phenoxy) is 1. The first-order chi connectivity index (χ1) is 11.7. The standard InChI is InChI=1S/C13H20N2.C8H8O/c1-11-6-5-9-15(11)10-13(14)12-7-3-2-4-8-12;1-2-4-7(5-3-1)8-6-9-8/h2-4,7-8,11,13H,5-6,9-10,14H2,1H3;1-5,8H,6H2/t11?,13-;8-/m11/s1. The van der Waals surface area contributed by atoms with Gasteiger partial charge in [-0.05, 0) is 37.4 Å². The molecule has 3 atom stereocenters. The van der Waals surface area contributed by atoms with E-state index < -0.39 is 0 Å². The van der Waals surface area contributed by atoms with E-state index in [9.17, 15) is 0 Å². The van der Waals surface area contributed by atoms with Gasteiger partial charge < -0.3 is 10.5 Å². The van der Waals surface area contributed by atoms with Crippen molar-refractivity contribution in [3.63, 3.8) is 0 Å². The minimum Gasteiger partial charge on any atom is -0.368 e. The van der Waals surface area contributed by atoms with E-state index in [1.54, 1.807) is 0 Å². The summed E-state index contributed by atoms with van der Waals surface area (Å²) in [6, 6.07) is 21.5. The molecule has 2 heterocycles. The van der Waals surface area contributed by atoms with Crippen molar-refractivity contribution in [3.05, 3.63) is 71.8 Å². The molecular weight excluding hydrogens is 296 g/mol. The van der Waals surface area contributed by atoms with Crippen LogP contribution in [0.1, 0.15) is 43.0 Å². The zero-order valence-corrected chi connectivity index (χ0v) is 14.5. The van der Waals surface area contributed by atoms with E-state index in [4.69, 9.17) is 10.5 Å². The molecule has 1 unspecified atom stereocenters. The van der Waals surface area contributed by atoms with Crippen LogP contribution in [0.15, 0.2) is 60.7 Å². The SMILES string of the molecule is CC1CCCN1C[C@@H](N)c1ccccc1.c1ccc([C@H]2CO2)cc1. The van der Waals surface area contributed by atoms with Crippen molar-refractivity contribution in [1.82, 2.24) is 4.90 Å². The van der Waals surface area contributed by atoms with E-state index in [-0.39, 0.29) is 6.04 Å². The Morgan fingerprint density at radius 3 is 2.25 bits per heavy atom. The van der Waals surface area contributed by atoms with Crippen LogP contribution in [0.5, 0.6) is 0 Å². The third kappa shape index (κ3) is 4.91. The molecule has 2 saturated heterocycles. The Hall–Kier alpha value is -1.68. The molecule has 0 spiro atoms. The summed E-state index contributed by atoms with van der Waals surface area (Å²) in [7, 11) is 0. The number of hydrogen-bond acceptors (Lipinski definition) is 3. The first-order valence-electron chi connectivity index (χ1n) is 8.95. The third-order valence-corrected chi connectivity index (χ3v) is 4.85. The van der Waals surface area contributed by atoms with Crippen molar-refractivity contribution < 1.29 is 4.74 Å². The van der Waals surface area contributed by atoms with Crippen LogP contribution in [-0.2, 0) is 4.74 Å². The topological polar surface area (TPSA) is 41.8 Å². The van der Waals surface area contributed by atoms with Crippen LogP contribution < -0.4 is 5.73 Å². The maximum Gasteiger partial charge on any atom is 0.106 e. The fourth-order valence-corrected chi connectivity index (χ4v) is 3.23. The monoisotopic (exact) mass is 324 g/mol. The molecular formula is C21H28N2O. The van der Waals surface area contributed by atoms with Gasteiger partial charge in [-0.2, -0.15) is 0 Å². The quantitative estimate of drug-likeness (QED) is 0.867. The van der Waals surface area contributed by atoms with Gasteiger partial charge in [0, 0.05) is 18.6 Å². The van der Waals surface area contributed by atoms with Gasteiger partial charge in [-0.15, -0.1) is 0 Å². The van der Waals surface area contributed by atoms with Gasteiger partial charge in [0.1, 0.15) is 6.10 Å². The first-order valence-corrected chi connectivity index (χ1v) is 8.95. The predicted octanol–water partition coefficient (Wildman–Crippen LogP) is 3.93. The van der Waals surface area contributed by atoms with Crippen LogP contribution >= 0.6 is 0 Å². The lowest BCUT2D eigenvalue weighted by molar-refractivity contribution is 0.252. The Labute approximate surface area is 145 Å².